The Kier molecular flexibility index (Phi) is 5.41. The van der Waals surface area contributed by atoms with Gasteiger partial charge < -0.3 is 15.2 Å². The van der Waals surface area contributed by atoms with Gasteiger partial charge in [0.1, 0.15) is 24.0 Å². The second-order valence-corrected chi connectivity index (χ2v) is 8.27. The maximum Gasteiger partial charge on any atom is 0.325 e. The molecule has 0 saturated carbocycles. The second kappa shape index (κ2) is 8.04. The van der Waals surface area contributed by atoms with Crippen molar-refractivity contribution in [1.29, 1.82) is 0 Å². The van der Waals surface area contributed by atoms with Crippen molar-refractivity contribution in [3.63, 3.8) is 0 Å². The number of β-amino-alcohol motifs (C(OH)–C–C–N with tert-alkyl or cyclic N) is 1. The number of hydrogen-bond donors (Lipinski definition) is 2. The molecule has 2 unspecified atom stereocenters. The molecule has 3 aromatic carbocycles. The molecular formula is C25H26N2O4. The fraction of sp³-hybridized carbons (Fsp3) is 0.280. The number of hydrogen-bond acceptors (Lipinski definition) is 4. The van der Waals surface area contributed by atoms with Crippen molar-refractivity contribution in [2.75, 3.05) is 13.2 Å². The molecule has 6 heteroatoms. The molecule has 0 aliphatic carbocycles. The van der Waals surface area contributed by atoms with Gasteiger partial charge in [-0.15, -0.1) is 0 Å². The molecule has 0 radical (unpaired) electrons. The van der Waals surface area contributed by atoms with E-state index >= 15 is 0 Å². The third-order valence-electron chi connectivity index (χ3n) is 5.77. The third kappa shape index (κ3) is 3.99. The highest BCUT2D eigenvalue weighted by molar-refractivity contribution is 6.07. The fourth-order valence-corrected chi connectivity index (χ4v) is 3.87. The van der Waals surface area contributed by atoms with Crippen LogP contribution in [0.4, 0.5) is 4.79 Å². The summed E-state index contributed by atoms with van der Waals surface area (Å²) in [6, 6.07) is 18.9. The van der Waals surface area contributed by atoms with E-state index in [4.69, 9.17) is 4.74 Å². The molecule has 2 N–H and O–H groups in total. The molecule has 1 aliphatic heterocycles. The number of ether oxygens (including phenoxy) is 1. The van der Waals surface area contributed by atoms with Gasteiger partial charge in [-0.3, -0.25) is 9.69 Å². The standard InChI is InChI=1S/C25H26N2O4/c1-16-8-9-17(2)22(12-16)31-15-21(28)14-27-23(29)25(3,26-24(27)30)20-11-10-18-6-4-5-7-19(18)13-20/h4-13,21,28H,14-15H2,1-3H3,(H,26,30). The van der Waals surface area contributed by atoms with Crippen LogP contribution in [0.25, 0.3) is 10.8 Å². The van der Waals surface area contributed by atoms with Gasteiger partial charge in [-0.05, 0) is 60.4 Å². The number of aliphatic hydroxyl groups is 1. The highest BCUT2D eigenvalue weighted by Crippen LogP contribution is 2.31. The van der Waals surface area contributed by atoms with Crippen LogP contribution in [0.1, 0.15) is 23.6 Å². The van der Waals surface area contributed by atoms with Gasteiger partial charge in [-0.25, -0.2) is 4.79 Å². The van der Waals surface area contributed by atoms with E-state index in [0.717, 1.165) is 26.8 Å². The van der Waals surface area contributed by atoms with Gasteiger partial charge in [0, 0.05) is 0 Å². The number of benzene rings is 3. The van der Waals surface area contributed by atoms with Gasteiger partial charge in [0.25, 0.3) is 5.91 Å². The van der Waals surface area contributed by atoms with Crippen LogP contribution < -0.4 is 10.1 Å². The minimum Gasteiger partial charge on any atom is -0.491 e. The first-order valence-electron chi connectivity index (χ1n) is 10.3. The molecule has 3 aromatic rings. The number of urea groups is 1. The van der Waals surface area contributed by atoms with Gasteiger partial charge in [-0.1, -0.05) is 48.5 Å². The number of imide groups is 1. The van der Waals surface area contributed by atoms with E-state index in [1.54, 1.807) is 6.92 Å². The normalized spacial score (nSPS) is 19.5. The number of nitrogens with zero attached hydrogens (tertiary/aromatic N) is 1. The number of aryl methyl sites for hydroxylation is 2. The first kappa shape index (κ1) is 20.9. The highest BCUT2D eigenvalue weighted by Gasteiger charge is 2.49. The molecule has 1 saturated heterocycles. The summed E-state index contributed by atoms with van der Waals surface area (Å²) < 4.78 is 5.73. The lowest BCUT2D eigenvalue weighted by atomic mass is 9.90. The van der Waals surface area contributed by atoms with Gasteiger partial charge in [-0.2, -0.15) is 0 Å². The predicted octanol–water partition coefficient (Wildman–Crippen LogP) is 3.66. The average molecular weight is 418 g/mol. The van der Waals surface area contributed by atoms with E-state index in [1.807, 2.05) is 74.5 Å². The van der Waals surface area contributed by atoms with Crippen molar-refractivity contribution < 1.29 is 19.4 Å². The SMILES string of the molecule is Cc1ccc(C)c(OCC(O)CN2C(=O)NC(C)(c3ccc4ccccc4c3)C2=O)c1. The highest BCUT2D eigenvalue weighted by atomic mass is 16.5. The Balaban J connectivity index is 1.47. The summed E-state index contributed by atoms with van der Waals surface area (Å²) in [6.07, 6.45) is -1.01. The first-order chi connectivity index (χ1) is 14.8. The van der Waals surface area contributed by atoms with Gasteiger partial charge in [0.05, 0.1) is 6.54 Å². The summed E-state index contributed by atoms with van der Waals surface area (Å²) in [5.41, 5.74) is 1.52. The summed E-state index contributed by atoms with van der Waals surface area (Å²) in [5, 5.41) is 15.3. The van der Waals surface area contributed by atoms with Crippen molar-refractivity contribution in [3.8, 4) is 5.75 Å². The van der Waals surface area contributed by atoms with Crippen molar-refractivity contribution in [2.24, 2.45) is 0 Å². The lowest BCUT2D eigenvalue weighted by molar-refractivity contribution is -0.132. The van der Waals surface area contributed by atoms with Crippen LogP contribution in [-0.2, 0) is 10.3 Å². The number of nitrogens with one attached hydrogen (secondary N) is 1. The largest absolute Gasteiger partial charge is 0.491 e. The average Bonchev–Trinajstić information content (AvgIpc) is 2.98. The lowest BCUT2D eigenvalue weighted by Gasteiger charge is -2.23. The number of rotatable bonds is 6. The zero-order chi connectivity index (χ0) is 22.2. The van der Waals surface area contributed by atoms with Crippen LogP contribution in [0.2, 0.25) is 0 Å². The van der Waals surface area contributed by atoms with Crippen molar-refractivity contribution in [1.82, 2.24) is 10.2 Å². The van der Waals surface area contributed by atoms with E-state index in [1.165, 1.54) is 0 Å². The van der Waals surface area contributed by atoms with Crippen molar-refractivity contribution in [2.45, 2.75) is 32.4 Å². The molecule has 1 aliphatic rings. The summed E-state index contributed by atoms with van der Waals surface area (Å²) >= 11 is 0. The fourth-order valence-electron chi connectivity index (χ4n) is 3.87. The second-order valence-electron chi connectivity index (χ2n) is 8.27. The lowest BCUT2D eigenvalue weighted by Crippen LogP contribution is -2.42. The Morgan fingerprint density at radius 2 is 1.77 bits per heavy atom. The number of amides is 3. The van der Waals surface area contributed by atoms with E-state index < -0.39 is 23.6 Å². The van der Waals surface area contributed by atoms with E-state index in [0.29, 0.717) is 11.3 Å². The summed E-state index contributed by atoms with van der Waals surface area (Å²) in [6.45, 7) is 5.42. The zero-order valence-corrected chi connectivity index (χ0v) is 17.9. The molecular weight excluding hydrogens is 392 g/mol. The van der Waals surface area contributed by atoms with Crippen LogP contribution in [0, 0.1) is 13.8 Å². The predicted molar refractivity (Wildman–Crippen MR) is 119 cm³/mol. The minimum absolute atomic E-state index is 0.0198. The smallest absolute Gasteiger partial charge is 0.325 e. The Morgan fingerprint density at radius 3 is 2.55 bits per heavy atom. The van der Waals surface area contributed by atoms with Crippen molar-refractivity contribution in [3.05, 3.63) is 77.4 Å². The van der Waals surface area contributed by atoms with Crippen molar-refractivity contribution >= 4 is 22.7 Å². The maximum atomic E-state index is 13.2. The van der Waals surface area contributed by atoms with Crippen LogP contribution in [-0.4, -0.2) is 41.2 Å². The molecule has 2 atom stereocenters. The third-order valence-corrected chi connectivity index (χ3v) is 5.77. The number of carbonyl (C=O) groups excluding carboxylic acids is 2. The molecule has 0 spiro atoms. The monoisotopic (exact) mass is 418 g/mol. The number of carbonyl (C=O) groups is 2. The van der Waals surface area contributed by atoms with Crippen LogP contribution in [0.3, 0.4) is 0 Å². The van der Waals surface area contributed by atoms with Gasteiger partial charge in [0.15, 0.2) is 0 Å². The molecule has 1 heterocycles. The van der Waals surface area contributed by atoms with Gasteiger partial charge >= 0.3 is 6.03 Å². The molecule has 3 amide bonds. The Bertz CT molecular complexity index is 1160. The molecule has 160 valence electrons. The first-order valence-corrected chi connectivity index (χ1v) is 10.3. The van der Waals surface area contributed by atoms with Crippen LogP contribution in [0.15, 0.2) is 60.7 Å². The van der Waals surface area contributed by atoms with Crippen LogP contribution in [0.5, 0.6) is 5.75 Å². The zero-order valence-electron chi connectivity index (χ0n) is 17.9. The summed E-state index contributed by atoms with van der Waals surface area (Å²) in [5.74, 6) is 0.288. The molecule has 31 heavy (non-hydrogen) atoms. The summed E-state index contributed by atoms with van der Waals surface area (Å²) in [7, 11) is 0. The molecule has 0 aromatic heterocycles. The Morgan fingerprint density at radius 1 is 1.03 bits per heavy atom. The van der Waals surface area contributed by atoms with Gasteiger partial charge in [0.2, 0.25) is 0 Å². The minimum atomic E-state index is -1.19. The Hall–Kier alpha value is -3.38. The Labute approximate surface area is 181 Å². The molecule has 4 rings (SSSR count). The quantitative estimate of drug-likeness (QED) is 0.599. The van der Waals surface area contributed by atoms with E-state index in [-0.39, 0.29) is 13.2 Å². The topological polar surface area (TPSA) is 78.9 Å². The van der Waals surface area contributed by atoms with Crippen LogP contribution >= 0.6 is 0 Å². The molecule has 0 bridgehead atoms. The number of fused-ring (bicyclic) bond motifs is 1. The van der Waals surface area contributed by atoms with E-state index in [2.05, 4.69) is 5.32 Å². The van der Waals surface area contributed by atoms with E-state index in [9.17, 15) is 14.7 Å². The molecule has 1 fully saturated rings. The summed E-state index contributed by atoms with van der Waals surface area (Å²) in [4.78, 5) is 26.8. The molecule has 6 nitrogen and oxygen atoms in total. The maximum absolute atomic E-state index is 13.2. The number of aliphatic hydroxyl groups excluding tert-OH is 1.